The van der Waals surface area contributed by atoms with E-state index < -0.39 is 50.9 Å². The van der Waals surface area contributed by atoms with Crippen LogP contribution in [0.1, 0.15) is 11.1 Å². The van der Waals surface area contributed by atoms with Gasteiger partial charge in [-0.3, -0.25) is 20.2 Å². The lowest BCUT2D eigenvalue weighted by atomic mass is 10.1. The lowest BCUT2D eigenvalue weighted by molar-refractivity contribution is -0.386. The van der Waals surface area contributed by atoms with Gasteiger partial charge in [0.25, 0.3) is 5.91 Å². The van der Waals surface area contributed by atoms with Gasteiger partial charge in [-0.1, -0.05) is 0 Å². The second kappa shape index (κ2) is 9.30. The zero-order valence-electron chi connectivity index (χ0n) is 17.1. The first-order chi connectivity index (χ1) is 15.0. The molecule has 0 atom stereocenters. The monoisotopic (exact) mass is 442 g/mol. The van der Waals surface area contributed by atoms with Crippen LogP contribution in [0.3, 0.4) is 0 Å². The zero-order valence-corrected chi connectivity index (χ0v) is 17.1. The highest BCUT2D eigenvalue weighted by atomic mass is 16.6. The van der Waals surface area contributed by atoms with E-state index in [-0.39, 0.29) is 11.5 Å². The van der Waals surface area contributed by atoms with Crippen molar-refractivity contribution in [2.75, 3.05) is 24.3 Å². The Morgan fingerprint density at radius 2 is 1.94 bits per heavy atom. The van der Waals surface area contributed by atoms with Crippen molar-refractivity contribution in [2.24, 2.45) is 0 Å². The first kappa shape index (κ1) is 23.4. The maximum atomic E-state index is 12.9. The molecule has 0 fully saturated rings. The first-order valence-electron chi connectivity index (χ1n) is 8.79. The molecule has 0 spiro atoms. The number of phenolic OH excluding ortho intramolecular Hbond substituents is 2. The number of aliphatic hydroxyl groups excluding tert-OH is 1. The van der Waals surface area contributed by atoms with Crippen molar-refractivity contribution < 1.29 is 29.8 Å². The summed E-state index contributed by atoms with van der Waals surface area (Å²) in [4.78, 5) is 39.3. The van der Waals surface area contributed by atoms with E-state index in [9.17, 15) is 40.3 Å². The standard InChI is InChI=1S/C19H18N6O7/c1-9-4-15(23-19(30)21-2)22-8-13(9)24(3)18(29)11(7-20)16(27)10-5-12(25(31)32)17(28)14(26)6-10/h4-6,8,26-28H,1-3H3,(H2,21,22,23,30)/b16-11-. The number of likely N-dealkylation sites (N-methyl/N-ethyl adjacent to an activating group) is 1. The number of hydrogen-bond donors (Lipinski definition) is 5. The Morgan fingerprint density at radius 1 is 1.28 bits per heavy atom. The molecule has 0 aliphatic rings. The van der Waals surface area contributed by atoms with Crippen LogP contribution in [0, 0.1) is 28.4 Å². The number of nitro benzene ring substituents is 1. The van der Waals surface area contributed by atoms with E-state index >= 15 is 0 Å². The van der Waals surface area contributed by atoms with Crippen LogP contribution in [0.15, 0.2) is 30.0 Å². The van der Waals surface area contributed by atoms with Gasteiger partial charge in [0.2, 0.25) is 5.75 Å². The van der Waals surface area contributed by atoms with E-state index in [4.69, 9.17) is 0 Å². The van der Waals surface area contributed by atoms with E-state index in [1.165, 1.54) is 32.4 Å². The summed E-state index contributed by atoms with van der Waals surface area (Å²) in [6.07, 6.45) is 1.27. The number of urea groups is 1. The minimum atomic E-state index is -1.03. The Hall–Kier alpha value is -4.86. The fourth-order valence-corrected chi connectivity index (χ4v) is 2.65. The number of nitrogens with one attached hydrogen (secondary N) is 2. The number of nitrogens with zero attached hydrogens (tertiary/aromatic N) is 4. The minimum Gasteiger partial charge on any atom is -0.506 e. The van der Waals surface area contributed by atoms with Crippen LogP contribution in [0.2, 0.25) is 0 Å². The lowest BCUT2D eigenvalue weighted by Crippen LogP contribution is -2.29. The number of hydrogen-bond acceptors (Lipinski definition) is 9. The number of nitriles is 1. The van der Waals surface area contributed by atoms with E-state index in [1.807, 2.05) is 0 Å². The van der Waals surface area contributed by atoms with Crippen LogP contribution < -0.4 is 15.5 Å². The van der Waals surface area contributed by atoms with Crippen LogP contribution in [-0.2, 0) is 4.79 Å². The summed E-state index contributed by atoms with van der Waals surface area (Å²) in [5.41, 5.74) is -1.39. The van der Waals surface area contributed by atoms with Gasteiger partial charge < -0.3 is 25.5 Å². The molecule has 1 heterocycles. The van der Waals surface area contributed by atoms with Crippen molar-refractivity contribution in [3.8, 4) is 17.6 Å². The number of benzene rings is 1. The molecule has 5 N–H and O–H groups in total. The molecular formula is C19H18N6O7. The molecule has 1 aromatic heterocycles. The van der Waals surface area contributed by atoms with Crippen molar-refractivity contribution in [1.29, 1.82) is 5.26 Å². The largest absolute Gasteiger partial charge is 0.506 e. The van der Waals surface area contributed by atoms with Gasteiger partial charge in [0.15, 0.2) is 11.3 Å². The molecule has 13 nitrogen and oxygen atoms in total. The summed E-state index contributed by atoms with van der Waals surface area (Å²) in [5.74, 6) is -3.65. The molecular weight excluding hydrogens is 424 g/mol. The number of pyridine rings is 1. The third kappa shape index (κ3) is 4.65. The van der Waals surface area contributed by atoms with Gasteiger partial charge in [-0.15, -0.1) is 0 Å². The number of aromatic hydroxyl groups is 2. The molecule has 0 aliphatic carbocycles. The molecule has 166 valence electrons. The number of nitro groups is 1. The van der Waals surface area contributed by atoms with Crippen molar-refractivity contribution >= 4 is 34.9 Å². The average molecular weight is 442 g/mol. The van der Waals surface area contributed by atoms with E-state index in [0.29, 0.717) is 11.6 Å². The molecule has 2 rings (SSSR count). The van der Waals surface area contributed by atoms with Gasteiger partial charge >= 0.3 is 11.7 Å². The van der Waals surface area contributed by atoms with Gasteiger partial charge in [0, 0.05) is 25.7 Å². The second-order valence-corrected chi connectivity index (χ2v) is 6.38. The van der Waals surface area contributed by atoms with Crippen LogP contribution in [0.4, 0.5) is 22.0 Å². The third-order valence-electron chi connectivity index (χ3n) is 4.32. The summed E-state index contributed by atoms with van der Waals surface area (Å²) >= 11 is 0. The molecule has 0 saturated heterocycles. The van der Waals surface area contributed by atoms with E-state index in [0.717, 1.165) is 11.0 Å². The lowest BCUT2D eigenvalue weighted by Gasteiger charge is -2.20. The molecule has 2 aromatic rings. The molecule has 0 aliphatic heterocycles. The molecule has 3 amide bonds. The maximum Gasteiger partial charge on any atom is 0.320 e. The summed E-state index contributed by atoms with van der Waals surface area (Å²) in [7, 11) is 2.73. The van der Waals surface area contributed by atoms with Gasteiger partial charge in [-0.2, -0.15) is 5.26 Å². The predicted molar refractivity (Wildman–Crippen MR) is 112 cm³/mol. The summed E-state index contributed by atoms with van der Waals surface area (Å²) < 4.78 is 0. The Morgan fingerprint density at radius 3 is 2.47 bits per heavy atom. The molecule has 1 aromatic carbocycles. The number of carbonyl (C=O) groups is 2. The predicted octanol–water partition coefficient (Wildman–Crippen LogP) is 1.92. The van der Waals surface area contributed by atoms with Crippen LogP contribution in [0.25, 0.3) is 5.76 Å². The fourth-order valence-electron chi connectivity index (χ4n) is 2.65. The molecule has 0 bridgehead atoms. The SMILES string of the molecule is CNC(=O)Nc1cc(C)c(N(C)C(=O)/C(C#N)=C(\O)c2cc(O)c(O)c([N+](=O)[O-])c2)cn1. The Labute approximate surface area is 181 Å². The van der Waals surface area contributed by atoms with Crippen LogP contribution >= 0.6 is 0 Å². The summed E-state index contributed by atoms with van der Waals surface area (Å²) in [6, 6.07) is 4.00. The van der Waals surface area contributed by atoms with Gasteiger partial charge in [-0.25, -0.2) is 9.78 Å². The zero-order chi connectivity index (χ0) is 24.2. The summed E-state index contributed by atoms with van der Waals surface area (Å²) in [6.45, 7) is 1.62. The molecule has 13 heteroatoms. The highest BCUT2D eigenvalue weighted by molar-refractivity contribution is 6.12. The third-order valence-corrected chi connectivity index (χ3v) is 4.32. The smallest absolute Gasteiger partial charge is 0.320 e. The first-order valence-corrected chi connectivity index (χ1v) is 8.79. The van der Waals surface area contributed by atoms with Crippen LogP contribution in [-0.4, -0.2) is 51.3 Å². The van der Waals surface area contributed by atoms with Crippen molar-refractivity contribution in [1.82, 2.24) is 10.3 Å². The van der Waals surface area contributed by atoms with Crippen molar-refractivity contribution in [3.63, 3.8) is 0 Å². The number of aromatic nitrogens is 1. The topological polar surface area (TPSA) is 202 Å². The summed E-state index contributed by atoms with van der Waals surface area (Å²) in [5, 5.41) is 55.0. The highest BCUT2D eigenvalue weighted by Gasteiger charge is 2.26. The number of aryl methyl sites for hydroxylation is 1. The average Bonchev–Trinajstić information content (AvgIpc) is 2.75. The Balaban J connectivity index is 2.46. The van der Waals surface area contributed by atoms with Gasteiger partial charge in [-0.05, 0) is 24.6 Å². The van der Waals surface area contributed by atoms with Crippen LogP contribution in [0.5, 0.6) is 11.5 Å². The Kier molecular flexibility index (Phi) is 6.81. The highest BCUT2D eigenvalue weighted by Crippen LogP contribution is 2.38. The number of aliphatic hydroxyl groups is 1. The molecule has 0 radical (unpaired) electrons. The molecule has 0 unspecified atom stereocenters. The number of carbonyl (C=O) groups excluding carboxylic acids is 2. The fraction of sp³-hybridized carbons (Fsp3) is 0.158. The number of phenols is 2. The van der Waals surface area contributed by atoms with Gasteiger partial charge in [0.05, 0.1) is 16.8 Å². The quantitative estimate of drug-likeness (QED) is 0.114. The number of amides is 3. The second-order valence-electron chi connectivity index (χ2n) is 6.38. The van der Waals surface area contributed by atoms with Gasteiger partial charge in [0.1, 0.15) is 17.6 Å². The Bertz CT molecular complexity index is 1190. The molecule has 0 saturated carbocycles. The van der Waals surface area contributed by atoms with Crippen molar-refractivity contribution in [2.45, 2.75) is 6.92 Å². The van der Waals surface area contributed by atoms with Crippen molar-refractivity contribution in [3.05, 3.63) is 51.2 Å². The number of anilines is 2. The maximum absolute atomic E-state index is 12.9. The van der Waals surface area contributed by atoms with E-state index in [2.05, 4.69) is 15.6 Å². The van der Waals surface area contributed by atoms with E-state index in [1.54, 1.807) is 6.92 Å². The molecule has 32 heavy (non-hydrogen) atoms. The number of rotatable bonds is 5. The normalized spacial score (nSPS) is 11.1. The minimum absolute atomic E-state index is 0.206.